The number of esters is 2. The molecule has 0 atom stereocenters. The largest absolute Gasteiger partial charge is 0.493 e. The Labute approximate surface area is 240 Å². The Morgan fingerprint density at radius 1 is 1.00 bits per heavy atom. The number of hydrogen-bond acceptors (Lipinski definition) is 8. The molecule has 1 aliphatic rings. The van der Waals surface area contributed by atoms with Crippen LogP contribution in [0.15, 0.2) is 24.3 Å². The topological polar surface area (TPSA) is 115 Å². The number of nitrogens with zero attached hydrogens (tertiary/aromatic N) is 1. The van der Waals surface area contributed by atoms with E-state index in [2.05, 4.69) is 4.74 Å². The highest BCUT2D eigenvalue weighted by atomic mass is 19.4. The first-order valence-corrected chi connectivity index (χ1v) is 13.0. The molecule has 2 aromatic rings. The van der Waals surface area contributed by atoms with Crippen molar-refractivity contribution < 1.29 is 50.9 Å². The van der Waals surface area contributed by atoms with Crippen LogP contribution in [0.4, 0.5) is 17.6 Å². The van der Waals surface area contributed by atoms with Gasteiger partial charge in [-0.05, 0) is 48.1 Å². The van der Waals surface area contributed by atoms with E-state index in [0.717, 1.165) is 0 Å². The normalized spacial score (nSPS) is 13.1. The molecule has 1 heterocycles. The molecular formula is C29H32F4N2O7. The number of amidine groups is 1. The Kier molecular flexibility index (Phi) is 9.85. The average molecular weight is 597 g/mol. The molecule has 2 aromatic carbocycles. The number of unbranched alkanes of at least 4 members (excludes halogenated alkanes) is 1. The summed E-state index contributed by atoms with van der Waals surface area (Å²) in [5.74, 6) is -4.42. The smallest absolute Gasteiger partial charge is 0.491 e. The van der Waals surface area contributed by atoms with Crippen LogP contribution in [0.25, 0.3) is 0 Å². The molecule has 42 heavy (non-hydrogen) atoms. The Morgan fingerprint density at radius 3 is 2.29 bits per heavy atom. The van der Waals surface area contributed by atoms with E-state index in [0.29, 0.717) is 28.9 Å². The van der Waals surface area contributed by atoms with E-state index in [1.807, 2.05) is 20.8 Å². The number of ketones is 1. The number of carbonyl (C=O) groups excluding carboxylic acids is 3. The number of benzene rings is 2. The summed E-state index contributed by atoms with van der Waals surface area (Å²) in [4.78, 5) is 36.9. The third kappa shape index (κ3) is 7.37. The Bertz CT molecular complexity index is 1380. The number of carbonyl (C=O) groups is 3. The lowest BCUT2D eigenvalue weighted by Gasteiger charge is -2.24. The molecule has 3 rings (SSSR count). The van der Waals surface area contributed by atoms with Crippen molar-refractivity contribution in [1.82, 2.24) is 4.90 Å². The van der Waals surface area contributed by atoms with E-state index in [1.54, 1.807) is 24.3 Å². The minimum Gasteiger partial charge on any atom is -0.493 e. The van der Waals surface area contributed by atoms with Crippen molar-refractivity contribution in [3.63, 3.8) is 0 Å². The van der Waals surface area contributed by atoms with Gasteiger partial charge in [0, 0.05) is 24.1 Å². The first-order valence-electron chi connectivity index (χ1n) is 13.0. The van der Waals surface area contributed by atoms with E-state index in [9.17, 15) is 27.6 Å². The molecule has 228 valence electrons. The monoisotopic (exact) mass is 596 g/mol. The van der Waals surface area contributed by atoms with Gasteiger partial charge in [0.1, 0.15) is 11.6 Å². The lowest BCUT2D eigenvalue weighted by Crippen LogP contribution is -2.30. The van der Waals surface area contributed by atoms with Crippen LogP contribution in [0, 0.1) is 11.2 Å². The fraction of sp³-hybridized carbons (Fsp3) is 0.448. The van der Waals surface area contributed by atoms with Gasteiger partial charge < -0.3 is 23.8 Å². The van der Waals surface area contributed by atoms with Crippen molar-refractivity contribution in [1.29, 1.82) is 5.41 Å². The molecule has 0 spiro atoms. The number of ether oxygens (including phenoxy) is 4. The van der Waals surface area contributed by atoms with Crippen molar-refractivity contribution in [3.05, 3.63) is 52.3 Å². The Morgan fingerprint density at radius 2 is 1.69 bits per heavy atom. The van der Waals surface area contributed by atoms with Gasteiger partial charge >= 0.3 is 18.1 Å². The number of hydrogen-bond donors (Lipinski definition) is 1. The van der Waals surface area contributed by atoms with Gasteiger partial charge in [-0.15, -0.1) is 0 Å². The third-order valence-corrected chi connectivity index (χ3v) is 6.52. The highest BCUT2D eigenvalue weighted by Gasteiger charge is 2.42. The zero-order valence-electron chi connectivity index (χ0n) is 23.9. The molecular weight excluding hydrogens is 564 g/mol. The van der Waals surface area contributed by atoms with Gasteiger partial charge in [-0.3, -0.25) is 15.0 Å². The van der Waals surface area contributed by atoms with Crippen LogP contribution in [0.3, 0.4) is 0 Å². The molecule has 0 saturated heterocycles. The van der Waals surface area contributed by atoms with Crippen LogP contribution >= 0.6 is 0 Å². The second kappa shape index (κ2) is 12.8. The quantitative estimate of drug-likeness (QED) is 0.122. The van der Waals surface area contributed by atoms with Crippen LogP contribution in [-0.4, -0.2) is 62.0 Å². The molecule has 0 unspecified atom stereocenters. The molecule has 9 nitrogen and oxygen atoms in total. The first-order chi connectivity index (χ1) is 19.6. The fourth-order valence-electron chi connectivity index (χ4n) is 4.40. The van der Waals surface area contributed by atoms with Gasteiger partial charge in [0.15, 0.2) is 23.1 Å². The van der Waals surface area contributed by atoms with Crippen molar-refractivity contribution in [2.75, 3.05) is 27.4 Å². The fourth-order valence-corrected chi connectivity index (χ4v) is 4.40. The molecule has 13 heteroatoms. The summed E-state index contributed by atoms with van der Waals surface area (Å²) in [6, 6.07) is 6.48. The van der Waals surface area contributed by atoms with E-state index in [1.165, 1.54) is 19.1 Å². The maximum Gasteiger partial charge on any atom is 0.491 e. The van der Waals surface area contributed by atoms with Gasteiger partial charge in [0.05, 0.1) is 32.9 Å². The Hall–Kier alpha value is -4.16. The summed E-state index contributed by atoms with van der Waals surface area (Å²) in [5.41, 5.74) is 1.19. The predicted molar refractivity (Wildman–Crippen MR) is 143 cm³/mol. The van der Waals surface area contributed by atoms with Crippen LogP contribution in [0.5, 0.6) is 17.2 Å². The maximum absolute atomic E-state index is 15.1. The third-order valence-electron chi connectivity index (χ3n) is 6.52. The highest BCUT2D eigenvalue weighted by molar-refractivity contribution is 6.06. The maximum atomic E-state index is 15.1. The molecule has 0 aliphatic carbocycles. The number of Topliss-reactive ketones (excluding diaryl/α,β-unsaturated/α-hetero) is 1. The van der Waals surface area contributed by atoms with Gasteiger partial charge in [0.2, 0.25) is 0 Å². The predicted octanol–water partition coefficient (Wildman–Crippen LogP) is 5.35. The Balaban J connectivity index is 1.64. The van der Waals surface area contributed by atoms with E-state index in [-0.39, 0.29) is 61.2 Å². The van der Waals surface area contributed by atoms with Crippen LogP contribution in [0.2, 0.25) is 0 Å². The SMILES string of the molecule is COc1cc2c(c(F)c1OC)C(=N)N(CC(=O)c1ccc(OCCCCC(=O)OC(=O)C(F)(F)F)c(C(C)(C)C)c1)C2. The summed E-state index contributed by atoms with van der Waals surface area (Å²) in [6.45, 7) is 5.86. The second-order valence-corrected chi connectivity index (χ2v) is 10.6. The van der Waals surface area contributed by atoms with Crippen LogP contribution < -0.4 is 14.2 Å². The van der Waals surface area contributed by atoms with Crippen molar-refractivity contribution in [2.45, 2.75) is 58.2 Å². The van der Waals surface area contributed by atoms with Crippen molar-refractivity contribution >= 4 is 23.6 Å². The lowest BCUT2D eigenvalue weighted by atomic mass is 9.85. The highest BCUT2D eigenvalue weighted by Crippen LogP contribution is 2.39. The van der Waals surface area contributed by atoms with Gasteiger partial charge in [-0.25, -0.2) is 9.18 Å². The summed E-state index contributed by atoms with van der Waals surface area (Å²) in [7, 11) is 2.68. The summed E-state index contributed by atoms with van der Waals surface area (Å²) in [5, 5.41) is 8.48. The molecule has 1 aliphatic heterocycles. The number of nitrogens with one attached hydrogen (secondary N) is 1. The molecule has 0 bridgehead atoms. The van der Waals surface area contributed by atoms with Gasteiger partial charge in [0.25, 0.3) is 0 Å². The second-order valence-electron chi connectivity index (χ2n) is 10.6. The van der Waals surface area contributed by atoms with Crippen molar-refractivity contribution in [2.24, 2.45) is 0 Å². The van der Waals surface area contributed by atoms with E-state index < -0.39 is 29.3 Å². The molecule has 0 radical (unpaired) electrons. The summed E-state index contributed by atoms with van der Waals surface area (Å²) < 4.78 is 71.5. The number of rotatable bonds is 11. The van der Waals surface area contributed by atoms with E-state index in [4.69, 9.17) is 19.6 Å². The minimum absolute atomic E-state index is 0.0554. The molecule has 0 amide bonds. The number of halogens is 4. The zero-order valence-corrected chi connectivity index (χ0v) is 23.9. The molecule has 0 fully saturated rings. The number of fused-ring (bicyclic) bond motifs is 1. The minimum atomic E-state index is -5.24. The van der Waals surface area contributed by atoms with Gasteiger partial charge in [-0.1, -0.05) is 20.8 Å². The molecule has 0 saturated carbocycles. The van der Waals surface area contributed by atoms with Gasteiger partial charge in [-0.2, -0.15) is 13.2 Å². The van der Waals surface area contributed by atoms with Crippen molar-refractivity contribution in [3.8, 4) is 17.2 Å². The number of methoxy groups -OCH3 is 2. The lowest BCUT2D eigenvalue weighted by molar-refractivity contribution is -0.201. The summed E-state index contributed by atoms with van der Waals surface area (Å²) >= 11 is 0. The van der Waals surface area contributed by atoms with Crippen LogP contribution in [0.1, 0.15) is 67.1 Å². The van der Waals surface area contributed by atoms with E-state index >= 15 is 4.39 Å². The average Bonchev–Trinajstić information content (AvgIpc) is 3.21. The molecule has 1 N–H and O–H groups in total. The van der Waals surface area contributed by atoms with Crippen LogP contribution in [-0.2, 0) is 26.3 Å². The standard InChI is InChI=1S/C29H32F4N2O7/c1-28(2,3)18-12-16(9-10-20(18)41-11-7-6-8-22(37)42-27(38)29(31,32)33)19(36)15-35-14-17-13-21(39-4)25(40-5)24(30)23(17)26(35)34/h9-10,12-13,34H,6-8,11,14-15H2,1-5H3. The first kappa shape index (κ1) is 32.4. The molecule has 0 aromatic heterocycles. The number of alkyl halides is 3. The zero-order chi connectivity index (χ0) is 31.4. The summed E-state index contributed by atoms with van der Waals surface area (Å²) in [6.07, 6.45) is -5.20.